The molecule has 0 spiro atoms. The van der Waals surface area contributed by atoms with Crippen LogP contribution in [-0.4, -0.2) is 46.6 Å². The lowest BCUT2D eigenvalue weighted by Gasteiger charge is -2.20. The van der Waals surface area contributed by atoms with Crippen LogP contribution in [-0.2, 0) is 21.3 Å². The normalized spacial score (nSPS) is 12.1. The first-order valence-electron chi connectivity index (χ1n) is 7.13. The number of hydrogen-bond donors (Lipinski definition) is 1. The number of rotatable bonds is 8. The summed E-state index contributed by atoms with van der Waals surface area (Å²) in [6, 6.07) is 3.70. The van der Waals surface area contributed by atoms with Gasteiger partial charge in [0.25, 0.3) is 0 Å². The van der Waals surface area contributed by atoms with Gasteiger partial charge in [-0.2, -0.15) is 4.31 Å². The summed E-state index contributed by atoms with van der Waals surface area (Å²) in [6.07, 6.45) is 0. The molecule has 0 radical (unpaired) electrons. The number of nitrogens with one attached hydrogen (secondary N) is 1. The zero-order valence-electron chi connectivity index (χ0n) is 13.6. The zero-order chi connectivity index (χ0) is 16.0. The van der Waals surface area contributed by atoms with Gasteiger partial charge in [-0.3, -0.25) is 0 Å². The van der Waals surface area contributed by atoms with E-state index in [4.69, 9.17) is 4.74 Å². The molecule has 1 N–H and O–H groups in total. The maximum atomic E-state index is 12.7. The third-order valence-electron chi connectivity index (χ3n) is 3.44. The van der Waals surface area contributed by atoms with Gasteiger partial charge in [0.1, 0.15) is 0 Å². The molecule has 0 saturated carbocycles. The molecule has 21 heavy (non-hydrogen) atoms. The molecule has 0 atom stereocenters. The highest BCUT2D eigenvalue weighted by Crippen LogP contribution is 2.23. The van der Waals surface area contributed by atoms with E-state index in [9.17, 15) is 8.42 Å². The van der Waals surface area contributed by atoms with Crippen molar-refractivity contribution in [3.05, 3.63) is 28.8 Å². The van der Waals surface area contributed by atoms with E-state index < -0.39 is 10.0 Å². The highest BCUT2D eigenvalue weighted by atomic mass is 32.2. The number of nitrogens with zero attached hydrogens (tertiary/aromatic N) is 1. The highest BCUT2D eigenvalue weighted by Gasteiger charge is 2.23. The van der Waals surface area contributed by atoms with Crippen molar-refractivity contribution in [3.8, 4) is 0 Å². The Bertz CT molecular complexity index is 571. The van der Waals surface area contributed by atoms with Gasteiger partial charge in [0.2, 0.25) is 10.0 Å². The van der Waals surface area contributed by atoms with Gasteiger partial charge in [0.15, 0.2) is 0 Å². The molecule has 0 amide bonds. The Labute approximate surface area is 128 Å². The molecule has 0 saturated heterocycles. The number of benzene rings is 1. The maximum absolute atomic E-state index is 12.7. The summed E-state index contributed by atoms with van der Waals surface area (Å²) in [5.41, 5.74) is 2.87. The van der Waals surface area contributed by atoms with E-state index in [2.05, 4.69) is 5.32 Å². The fourth-order valence-corrected chi connectivity index (χ4v) is 3.57. The molecule has 1 rings (SSSR count). The number of ether oxygens (including phenoxy) is 1. The van der Waals surface area contributed by atoms with Gasteiger partial charge in [-0.1, -0.05) is 6.07 Å². The maximum Gasteiger partial charge on any atom is 0.243 e. The molecule has 0 bridgehead atoms. The second-order valence-electron chi connectivity index (χ2n) is 5.10. The first kappa shape index (κ1) is 18.1. The summed E-state index contributed by atoms with van der Waals surface area (Å²) in [7, 11) is -0.0446. The minimum absolute atomic E-state index is 0.352. The fourth-order valence-electron chi connectivity index (χ4n) is 2.16. The van der Waals surface area contributed by atoms with Crippen LogP contribution in [0.5, 0.6) is 0 Å². The van der Waals surface area contributed by atoms with E-state index in [1.165, 1.54) is 4.31 Å². The van der Waals surface area contributed by atoms with Crippen LogP contribution in [0.25, 0.3) is 0 Å². The minimum Gasteiger partial charge on any atom is -0.380 e. The Morgan fingerprint density at radius 3 is 2.48 bits per heavy atom. The monoisotopic (exact) mass is 314 g/mol. The third kappa shape index (κ3) is 4.51. The summed E-state index contributed by atoms with van der Waals surface area (Å²) in [5.74, 6) is 0. The molecule has 0 aromatic heterocycles. The van der Waals surface area contributed by atoms with Crippen LogP contribution in [0.3, 0.4) is 0 Å². The van der Waals surface area contributed by atoms with E-state index >= 15 is 0 Å². The quantitative estimate of drug-likeness (QED) is 0.742. The standard InChI is InChI=1S/C15H26N2O3S/c1-6-20-8-7-17(5)21(18,19)15-10-14(11-16-4)12(2)9-13(15)3/h9-10,16H,6-8,11H2,1-5H3. The Hall–Kier alpha value is -0.950. The van der Waals surface area contributed by atoms with E-state index in [0.717, 1.165) is 16.7 Å². The lowest BCUT2D eigenvalue weighted by atomic mass is 10.1. The average Bonchev–Trinajstić information content (AvgIpc) is 2.41. The van der Waals surface area contributed by atoms with Gasteiger partial charge < -0.3 is 10.1 Å². The molecule has 120 valence electrons. The van der Waals surface area contributed by atoms with Gasteiger partial charge in [0, 0.05) is 26.7 Å². The van der Waals surface area contributed by atoms with Gasteiger partial charge in [-0.25, -0.2) is 8.42 Å². The van der Waals surface area contributed by atoms with Crippen LogP contribution in [0.15, 0.2) is 17.0 Å². The van der Waals surface area contributed by atoms with Crippen LogP contribution >= 0.6 is 0 Å². The molecule has 1 aromatic carbocycles. The second kappa shape index (κ2) is 7.89. The van der Waals surface area contributed by atoms with Crippen LogP contribution in [0.2, 0.25) is 0 Å². The molecular weight excluding hydrogens is 288 g/mol. The minimum atomic E-state index is -3.48. The van der Waals surface area contributed by atoms with Crippen LogP contribution < -0.4 is 5.32 Å². The molecule has 1 aromatic rings. The highest BCUT2D eigenvalue weighted by molar-refractivity contribution is 7.89. The summed E-state index contributed by atoms with van der Waals surface area (Å²) >= 11 is 0. The summed E-state index contributed by atoms with van der Waals surface area (Å²) < 4.78 is 31.9. The van der Waals surface area contributed by atoms with Crippen molar-refractivity contribution in [2.24, 2.45) is 0 Å². The van der Waals surface area contributed by atoms with E-state index in [1.807, 2.05) is 33.9 Å². The molecule has 5 nitrogen and oxygen atoms in total. The largest absolute Gasteiger partial charge is 0.380 e. The van der Waals surface area contributed by atoms with E-state index in [0.29, 0.717) is 31.2 Å². The summed E-state index contributed by atoms with van der Waals surface area (Å²) in [5, 5.41) is 3.07. The van der Waals surface area contributed by atoms with Crippen LogP contribution in [0.4, 0.5) is 0 Å². The molecule has 0 aliphatic heterocycles. The topological polar surface area (TPSA) is 58.6 Å². The molecule has 6 heteroatoms. The molecule has 0 heterocycles. The van der Waals surface area contributed by atoms with Crippen molar-refractivity contribution in [1.82, 2.24) is 9.62 Å². The van der Waals surface area contributed by atoms with E-state index in [-0.39, 0.29) is 0 Å². The Balaban J connectivity index is 3.09. The first-order chi connectivity index (χ1) is 9.84. The van der Waals surface area contributed by atoms with Crippen molar-refractivity contribution in [1.29, 1.82) is 0 Å². The number of hydrogen-bond acceptors (Lipinski definition) is 4. The van der Waals surface area contributed by atoms with Gasteiger partial charge in [-0.05, 0) is 50.6 Å². The Kier molecular flexibility index (Phi) is 6.80. The van der Waals surface area contributed by atoms with Crippen molar-refractivity contribution in [2.45, 2.75) is 32.2 Å². The van der Waals surface area contributed by atoms with Gasteiger partial charge in [0.05, 0.1) is 11.5 Å². The number of sulfonamides is 1. The summed E-state index contributed by atoms with van der Waals surface area (Å²) in [6.45, 7) is 7.71. The predicted octanol–water partition coefficient (Wildman–Crippen LogP) is 1.68. The van der Waals surface area contributed by atoms with Crippen molar-refractivity contribution < 1.29 is 13.2 Å². The van der Waals surface area contributed by atoms with Gasteiger partial charge >= 0.3 is 0 Å². The lowest BCUT2D eigenvalue weighted by Crippen LogP contribution is -2.31. The lowest BCUT2D eigenvalue weighted by molar-refractivity contribution is 0.138. The predicted molar refractivity (Wildman–Crippen MR) is 85.0 cm³/mol. The smallest absolute Gasteiger partial charge is 0.243 e. The number of likely N-dealkylation sites (N-methyl/N-ethyl adjacent to an activating group) is 1. The van der Waals surface area contributed by atoms with Crippen molar-refractivity contribution >= 4 is 10.0 Å². The Morgan fingerprint density at radius 2 is 1.90 bits per heavy atom. The van der Waals surface area contributed by atoms with Crippen LogP contribution in [0.1, 0.15) is 23.6 Å². The van der Waals surface area contributed by atoms with Crippen molar-refractivity contribution in [2.75, 3.05) is 33.9 Å². The first-order valence-corrected chi connectivity index (χ1v) is 8.57. The molecule has 0 fully saturated rings. The zero-order valence-corrected chi connectivity index (χ0v) is 14.4. The fraction of sp³-hybridized carbons (Fsp3) is 0.600. The third-order valence-corrected chi connectivity index (χ3v) is 5.44. The molecular formula is C15H26N2O3S. The van der Waals surface area contributed by atoms with Crippen LogP contribution in [0, 0.1) is 13.8 Å². The SMILES string of the molecule is CCOCCN(C)S(=O)(=O)c1cc(CNC)c(C)cc1C. The summed E-state index contributed by atoms with van der Waals surface area (Å²) in [4.78, 5) is 0.373. The average molecular weight is 314 g/mol. The van der Waals surface area contributed by atoms with Gasteiger partial charge in [-0.15, -0.1) is 0 Å². The van der Waals surface area contributed by atoms with Crippen molar-refractivity contribution in [3.63, 3.8) is 0 Å². The molecule has 0 unspecified atom stereocenters. The van der Waals surface area contributed by atoms with E-state index in [1.54, 1.807) is 13.1 Å². The molecule has 0 aliphatic carbocycles. The Morgan fingerprint density at radius 1 is 1.24 bits per heavy atom. The number of aryl methyl sites for hydroxylation is 2. The molecule has 0 aliphatic rings. The second-order valence-corrected chi connectivity index (χ2v) is 7.11.